The molecule has 0 spiro atoms. The Morgan fingerprint density at radius 2 is 1.64 bits per heavy atom. The van der Waals surface area contributed by atoms with E-state index < -0.39 is 24.0 Å². The first-order chi connectivity index (χ1) is 15.9. The second kappa shape index (κ2) is 10.1. The van der Waals surface area contributed by atoms with E-state index in [1.807, 2.05) is 24.3 Å². The Kier molecular flexibility index (Phi) is 6.96. The van der Waals surface area contributed by atoms with Gasteiger partial charge < -0.3 is 20.5 Å². The minimum absolute atomic E-state index is 0.0267. The molecular weight excluding hydrogens is 420 g/mol. The van der Waals surface area contributed by atoms with Gasteiger partial charge in [-0.15, -0.1) is 0 Å². The molecule has 0 aliphatic heterocycles. The van der Waals surface area contributed by atoms with E-state index in [-0.39, 0.29) is 31.4 Å². The lowest BCUT2D eigenvalue weighted by Crippen LogP contribution is -2.40. The highest BCUT2D eigenvalue weighted by atomic mass is 16.5. The van der Waals surface area contributed by atoms with E-state index in [2.05, 4.69) is 34.9 Å². The predicted octanol–water partition coefficient (Wildman–Crippen LogP) is 3.92. The van der Waals surface area contributed by atoms with Crippen molar-refractivity contribution >= 4 is 18.0 Å². The zero-order chi connectivity index (χ0) is 23.4. The van der Waals surface area contributed by atoms with Crippen molar-refractivity contribution in [3.05, 3.63) is 59.7 Å². The fourth-order valence-electron chi connectivity index (χ4n) is 4.51. The first-order valence-corrected chi connectivity index (χ1v) is 11.5. The third-order valence-electron chi connectivity index (χ3n) is 6.41. The van der Waals surface area contributed by atoms with Gasteiger partial charge in [-0.1, -0.05) is 61.4 Å². The summed E-state index contributed by atoms with van der Waals surface area (Å²) in [5.74, 6) is -1.29. The predicted molar refractivity (Wildman–Crippen MR) is 124 cm³/mol. The maximum Gasteiger partial charge on any atom is 0.407 e. The first-order valence-electron chi connectivity index (χ1n) is 11.5. The normalized spacial score (nSPS) is 16.3. The summed E-state index contributed by atoms with van der Waals surface area (Å²) in [7, 11) is 0. The number of carboxylic acids is 1. The average molecular weight is 451 g/mol. The van der Waals surface area contributed by atoms with Crippen LogP contribution < -0.4 is 10.6 Å². The third-order valence-corrected chi connectivity index (χ3v) is 6.41. The number of alkyl carbamates (subject to hydrolysis) is 1. The summed E-state index contributed by atoms with van der Waals surface area (Å²) in [4.78, 5) is 35.9. The topological polar surface area (TPSA) is 105 Å². The van der Waals surface area contributed by atoms with Gasteiger partial charge in [0.25, 0.3) is 0 Å². The standard InChI is InChI=1S/C26H30N2O5/c1-16(12-24(29)27-14-18(25(30)31)13-17-10-11-17)28-26(32)33-15-23-21-8-4-2-6-19(21)20-7-3-5-9-22(20)23/h2-9,16-18,23H,10-15H2,1H3,(H,27,29)(H,28,32)(H,30,31). The van der Waals surface area contributed by atoms with E-state index in [1.54, 1.807) is 6.92 Å². The van der Waals surface area contributed by atoms with Crippen molar-refractivity contribution in [3.8, 4) is 11.1 Å². The van der Waals surface area contributed by atoms with E-state index in [4.69, 9.17) is 4.74 Å². The van der Waals surface area contributed by atoms with Gasteiger partial charge in [0, 0.05) is 24.9 Å². The number of fused-ring (bicyclic) bond motifs is 3. The Labute approximate surface area is 193 Å². The van der Waals surface area contributed by atoms with Crippen LogP contribution in [0.4, 0.5) is 4.79 Å². The van der Waals surface area contributed by atoms with Crippen LogP contribution in [-0.4, -0.2) is 42.3 Å². The van der Waals surface area contributed by atoms with Gasteiger partial charge >= 0.3 is 12.1 Å². The number of nitrogens with one attached hydrogen (secondary N) is 2. The number of benzene rings is 2. The molecule has 1 fully saturated rings. The van der Waals surface area contributed by atoms with Crippen molar-refractivity contribution in [1.82, 2.24) is 10.6 Å². The lowest BCUT2D eigenvalue weighted by atomic mass is 9.98. The van der Waals surface area contributed by atoms with Crippen molar-refractivity contribution in [3.63, 3.8) is 0 Å². The van der Waals surface area contributed by atoms with E-state index in [0.29, 0.717) is 12.3 Å². The molecule has 0 radical (unpaired) electrons. The first kappa shape index (κ1) is 22.8. The maximum atomic E-state index is 12.4. The molecular formula is C26H30N2O5. The van der Waals surface area contributed by atoms with E-state index >= 15 is 0 Å². The highest BCUT2D eigenvalue weighted by Gasteiger charge is 2.30. The molecule has 0 heterocycles. The van der Waals surface area contributed by atoms with Gasteiger partial charge in [0.1, 0.15) is 6.61 Å². The van der Waals surface area contributed by atoms with Crippen LogP contribution in [0.1, 0.15) is 49.7 Å². The van der Waals surface area contributed by atoms with Crippen molar-refractivity contribution in [2.24, 2.45) is 11.8 Å². The SMILES string of the molecule is CC(CC(=O)NCC(CC1CC1)C(=O)O)NC(=O)OCC1c2ccccc2-c2ccccc21. The van der Waals surface area contributed by atoms with Crippen molar-refractivity contribution in [1.29, 1.82) is 0 Å². The number of carboxylic acid groups (broad SMARTS) is 1. The lowest BCUT2D eigenvalue weighted by Gasteiger charge is -2.18. The van der Waals surface area contributed by atoms with Crippen LogP contribution in [0.5, 0.6) is 0 Å². The molecule has 2 atom stereocenters. The van der Waals surface area contributed by atoms with Crippen LogP contribution in [0.2, 0.25) is 0 Å². The Bertz CT molecular complexity index is 987. The van der Waals surface area contributed by atoms with E-state index in [9.17, 15) is 19.5 Å². The lowest BCUT2D eigenvalue weighted by molar-refractivity contribution is -0.142. The zero-order valence-electron chi connectivity index (χ0n) is 18.8. The van der Waals surface area contributed by atoms with Gasteiger partial charge in [0.2, 0.25) is 5.91 Å². The molecule has 33 heavy (non-hydrogen) atoms. The van der Waals surface area contributed by atoms with Crippen molar-refractivity contribution < 1.29 is 24.2 Å². The van der Waals surface area contributed by atoms with Crippen LogP contribution in [0.25, 0.3) is 11.1 Å². The summed E-state index contributed by atoms with van der Waals surface area (Å²) >= 11 is 0. The minimum Gasteiger partial charge on any atom is -0.481 e. The number of ether oxygens (including phenoxy) is 1. The average Bonchev–Trinajstić information content (AvgIpc) is 3.55. The number of carbonyl (C=O) groups is 3. The summed E-state index contributed by atoms with van der Waals surface area (Å²) in [5.41, 5.74) is 4.60. The smallest absolute Gasteiger partial charge is 0.407 e. The second-order valence-electron chi connectivity index (χ2n) is 9.09. The van der Waals surface area contributed by atoms with Crippen LogP contribution >= 0.6 is 0 Å². The number of aliphatic carboxylic acids is 1. The molecule has 4 rings (SSSR count). The molecule has 1 saturated carbocycles. The molecule has 3 N–H and O–H groups in total. The molecule has 7 nitrogen and oxygen atoms in total. The van der Waals surface area contributed by atoms with Crippen molar-refractivity contribution in [2.45, 2.75) is 44.6 Å². The van der Waals surface area contributed by atoms with Gasteiger partial charge in [0.15, 0.2) is 0 Å². The molecule has 2 aliphatic rings. The highest BCUT2D eigenvalue weighted by molar-refractivity contribution is 5.80. The Morgan fingerprint density at radius 3 is 2.21 bits per heavy atom. The van der Waals surface area contributed by atoms with Gasteiger partial charge in [0.05, 0.1) is 5.92 Å². The molecule has 174 valence electrons. The van der Waals surface area contributed by atoms with Crippen LogP contribution in [0.3, 0.4) is 0 Å². The molecule has 2 unspecified atom stereocenters. The van der Waals surface area contributed by atoms with Crippen LogP contribution in [0, 0.1) is 11.8 Å². The maximum absolute atomic E-state index is 12.4. The molecule has 2 aliphatic carbocycles. The highest BCUT2D eigenvalue weighted by Crippen LogP contribution is 2.44. The number of carbonyl (C=O) groups excluding carboxylic acids is 2. The Balaban J connectivity index is 1.23. The number of hydrogen-bond acceptors (Lipinski definition) is 4. The van der Waals surface area contributed by atoms with Crippen LogP contribution in [0.15, 0.2) is 48.5 Å². The van der Waals surface area contributed by atoms with E-state index in [0.717, 1.165) is 35.1 Å². The minimum atomic E-state index is -0.882. The summed E-state index contributed by atoms with van der Waals surface area (Å²) in [5, 5.41) is 14.7. The zero-order valence-corrected chi connectivity index (χ0v) is 18.8. The third kappa shape index (κ3) is 5.72. The molecule has 0 bridgehead atoms. The number of amides is 2. The monoisotopic (exact) mass is 450 g/mol. The number of hydrogen-bond donors (Lipinski definition) is 3. The van der Waals surface area contributed by atoms with Gasteiger partial charge in [-0.2, -0.15) is 0 Å². The van der Waals surface area contributed by atoms with Gasteiger partial charge in [-0.05, 0) is 41.5 Å². The number of rotatable bonds is 10. The Hall–Kier alpha value is -3.35. The molecule has 2 aromatic carbocycles. The fourth-order valence-corrected chi connectivity index (χ4v) is 4.51. The quantitative estimate of drug-likeness (QED) is 0.509. The summed E-state index contributed by atoms with van der Waals surface area (Å²) in [6, 6.07) is 15.8. The molecule has 0 aromatic heterocycles. The van der Waals surface area contributed by atoms with Crippen LogP contribution in [-0.2, 0) is 14.3 Å². The largest absolute Gasteiger partial charge is 0.481 e. The van der Waals surface area contributed by atoms with Crippen molar-refractivity contribution in [2.75, 3.05) is 13.2 Å². The molecule has 7 heteroatoms. The van der Waals surface area contributed by atoms with E-state index in [1.165, 1.54) is 0 Å². The Morgan fingerprint density at radius 1 is 1.03 bits per heavy atom. The molecule has 0 saturated heterocycles. The second-order valence-corrected chi connectivity index (χ2v) is 9.09. The summed E-state index contributed by atoms with van der Waals surface area (Å²) < 4.78 is 5.51. The summed E-state index contributed by atoms with van der Waals surface area (Å²) in [6.45, 7) is 2.04. The summed E-state index contributed by atoms with van der Waals surface area (Å²) in [6.07, 6.45) is 2.22. The molecule has 2 amide bonds. The van der Waals surface area contributed by atoms with Gasteiger partial charge in [-0.3, -0.25) is 9.59 Å². The fraction of sp³-hybridized carbons (Fsp3) is 0.423. The van der Waals surface area contributed by atoms with Gasteiger partial charge in [-0.25, -0.2) is 4.79 Å². The molecule has 2 aromatic rings.